The van der Waals surface area contributed by atoms with Gasteiger partial charge in [-0.1, -0.05) is 54.6 Å². The topological polar surface area (TPSA) is 57.4 Å². The van der Waals surface area contributed by atoms with E-state index in [4.69, 9.17) is 4.74 Å². The molecule has 2 N–H and O–H groups in total. The Morgan fingerprint density at radius 1 is 1.03 bits per heavy atom. The molecule has 0 aliphatic carbocycles. The molecule has 5 rings (SSSR count). The Morgan fingerprint density at radius 3 is 2.59 bits per heavy atom. The molecular weight excluding hydrogens is 418 g/mol. The molecule has 2 aromatic heterocycles. The first-order valence-electron chi connectivity index (χ1n) is 11.0. The Hall–Kier alpha value is -2.77. The van der Waals surface area contributed by atoms with Crippen LogP contribution >= 0.6 is 11.3 Å². The van der Waals surface area contributed by atoms with Crippen LogP contribution in [0.2, 0.25) is 0 Å². The van der Waals surface area contributed by atoms with Gasteiger partial charge in [-0.05, 0) is 23.1 Å². The van der Waals surface area contributed by atoms with Crippen LogP contribution in [0.1, 0.15) is 32.9 Å². The van der Waals surface area contributed by atoms with Crippen LogP contribution in [0.4, 0.5) is 0 Å². The standard InChI is InChI=1S/C26H27N3O2S/c30-26(21-17-27-22-10-5-4-9-20(21)22)25(19-7-2-1-3-8-19)28-18-23(24-11-6-16-32-24)29-12-14-31-15-13-29/h1-11,16-17,23,25,27-28H,12-15,18H2/t23-,25-/m1/s1. The Bertz CT molecular complexity index is 1150. The third-order valence-corrected chi connectivity index (χ3v) is 7.10. The lowest BCUT2D eigenvalue weighted by molar-refractivity contribution is 0.0163. The maximum atomic E-state index is 13.8. The minimum absolute atomic E-state index is 0.0838. The summed E-state index contributed by atoms with van der Waals surface area (Å²) in [4.78, 5) is 20.8. The van der Waals surface area contributed by atoms with E-state index in [-0.39, 0.29) is 11.8 Å². The number of aromatic nitrogens is 1. The molecule has 0 spiro atoms. The van der Waals surface area contributed by atoms with Crippen LogP contribution in [0.5, 0.6) is 0 Å². The molecule has 164 valence electrons. The molecule has 0 saturated carbocycles. The molecule has 1 aliphatic heterocycles. The summed E-state index contributed by atoms with van der Waals surface area (Å²) in [5.41, 5.74) is 2.68. The first kappa shape index (κ1) is 21.1. The van der Waals surface area contributed by atoms with Crippen LogP contribution in [0.25, 0.3) is 10.9 Å². The molecule has 5 nitrogen and oxygen atoms in total. The van der Waals surface area contributed by atoms with Gasteiger partial charge in [-0.2, -0.15) is 0 Å². The van der Waals surface area contributed by atoms with E-state index in [2.05, 4.69) is 32.7 Å². The second-order valence-corrected chi connectivity index (χ2v) is 9.02. The molecule has 0 radical (unpaired) electrons. The van der Waals surface area contributed by atoms with Gasteiger partial charge in [0.05, 0.1) is 25.3 Å². The summed E-state index contributed by atoms with van der Waals surface area (Å²) in [6.07, 6.45) is 1.84. The number of para-hydroxylation sites is 1. The lowest BCUT2D eigenvalue weighted by Crippen LogP contribution is -2.44. The van der Waals surface area contributed by atoms with Gasteiger partial charge in [0.1, 0.15) is 0 Å². The molecule has 2 aromatic carbocycles. The zero-order valence-electron chi connectivity index (χ0n) is 17.9. The molecule has 1 saturated heterocycles. The highest BCUT2D eigenvalue weighted by Crippen LogP contribution is 2.28. The molecule has 0 unspecified atom stereocenters. The van der Waals surface area contributed by atoms with Crippen molar-refractivity contribution in [3.63, 3.8) is 0 Å². The van der Waals surface area contributed by atoms with Crippen LogP contribution in [-0.4, -0.2) is 48.5 Å². The molecule has 6 heteroatoms. The molecule has 32 heavy (non-hydrogen) atoms. The number of carbonyl (C=O) groups is 1. The number of hydrogen-bond donors (Lipinski definition) is 2. The van der Waals surface area contributed by atoms with Gasteiger partial charge in [0.2, 0.25) is 0 Å². The van der Waals surface area contributed by atoms with Crippen molar-refractivity contribution in [3.8, 4) is 0 Å². The van der Waals surface area contributed by atoms with E-state index >= 15 is 0 Å². The summed E-state index contributed by atoms with van der Waals surface area (Å²) in [5.74, 6) is 0.0838. The highest BCUT2D eigenvalue weighted by molar-refractivity contribution is 7.10. The van der Waals surface area contributed by atoms with E-state index in [1.807, 2.05) is 60.8 Å². The number of fused-ring (bicyclic) bond motifs is 1. The maximum absolute atomic E-state index is 13.8. The molecule has 1 fully saturated rings. The van der Waals surface area contributed by atoms with E-state index in [0.29, 0.717) is 6.54 Å². The third-order valence-electron chi connectivity index (χ3n) is 6.12. The SMILES string of the molecule is O=C(c1c[nH]c2ccccc12)[C@H](NC[C@H](c1cccs1)N1CCOCC1)c1ccccc1. The first-order chi connectivity index (χ1) is 15.8. The van der Waals surface area contributed by atoms with Crippen molar-refractivity contribution in [3.05, 3.63) is 94.3 Å². The van der Waals surface area contributed by atoms with Gasteiger partial charge in [-0.25, -0.2) is 0 Å². The highest BCUT2D eigenvalue weighted by atomic mass is 32.1. The smallest absolute Gasteiger partial charge is 0.186 e. The highest BCUT2D eigenvalue weighted by Gasteiger charge is 2.28. The van der Waals surface area contributed by atoms with Gasteiger partial charge in [0.15, 0.2) is 5.78 Å². The number of benzene rings is 2. The van der Waals surface area contributed by atoms with Crippen molar-refractivity contribution in [2.24, 2.45) is 0 Å². The fourth-order valence-corrected chi connectivity index (χ4v) is 5.31. The summed E-state index contributed by atoms with van der Waals surface area (Å²) in [6.45, 7) is 3.98. The fraction of sp³-hybridized carbons (Fsp3) is 0.269. The van der Waals surface area contributed by atoms with Crippen molar-refractivity contribution >= 4 is 28.0 Å². The van der Waals surface area contributed by atoms with Crippen molar-refractivity contribution in [1.82, 2.24) is 15.2 Å². The van der Waals surface area contributed by atoms with E-state index in [1.54, 1.807) is 11.3 Å². The quantitative estimate of drug-likeness (QED) is 0.382. The van der Waals surface area contributed by atoms with Crippen molar-refractivity contribution in [2.45, 2.75) is 12.1 Å². The number of ketones is 1. The van der Waals surface area contributed by atoms with Gasteiger partial charge in [-0.15, -0.1) is 11.3 Å². The van der Waals surface area contributed by atoms with Gasteiger partial charge in [0.25, 0.3) is 0 Å². The van der Waals surface area contributed by atoms with E-state index in [9.17, 15) is 4.79 Å². The molecule has 4 aromatic rings. The van der Waals surface area contributed by atoms with Crippen LogP contribution in [0, 0.1) is 0 Å². The molecule has 2 atom stereocenters. The largest absolute Gasteiger partial charge is 0.379 e. The third kappa shape index (κ3) is 4.40. The zero-order valence-corrected chi connectivity index (χ0v) is 18.7. The van der Waals surface area contributed by atoms with Crippen LogP contribution < -0.4 is 5.32 Å². The maximum Gasteiger partial charge on any atom is 0.186 e. The van der Waals surface area contributed by atoms with Crippen LogP contribution in [0.15, 0.2) is 78.3 Å². The Morgan fingerprint density at radius 2 is 1.81 bits per heavy atom. The van der Waals surface area contributed by atoms with Crippen LogP contribution in [0.3, 0.4) is 0 Å². The summed E-state index contributed by atoms with van der Waals surface area (Å²) >= 11 is 1.77. The fourth-order valence-electron chi connectivity index (χ4n) is 4.45. The molecule has 0 amide bonds. The summed E-state index contributed by atoms with van der Waals surface area (Å²) in [7, 11) is 0. The molecule has 0 bridgehead atoms. The number of Topliss-reactive ketones (excluding diaryl/α,β-unsaturated/α-hetero) is 1. The summed E-state index contributed by atoms with van der Waals surface area (Å²) in [6, 6.07) is 22.1. The van der Waals surface area contributed by atoms with Crippen molar-refractivity contribution in [1.29, 1.82) is 0 Å². The average molecular weight is 446 g/mol. The number of thiophene rings is 1. The van der Waals surface area contributed by atoms with E-state index < -0.39 is 6.04 Å². The lowest BCUT2D eigenvalue weighted by Gasteiger charge is -2.35. The van der Waals surface area contributed by atoms with Gasteiger partial charge in [-0.3, -0.25) is 9.69 Å². The first-order valence-corrected chi connectivity index (χ1v) is 11.9. The minimum atomic E-state index is -0.418. The van der Waals surface area contributed by atoms with E-state index in [1.165, 1.54) is 4.88 Å². The number of nitrogens with zero attached hydrogens (tertiary/aromatic N) is 1. The Balaban J connectivity index is 1.44. The number of aromatic amines is 1. The normalized spacial score (nSPS) is 16.8. The Kier molecular flexibility index (Phi) is 6.46. The second-order valence-electron chi connectivity index (χ2n) is 8.04. The van der Waals surface area contributed by atoms with Gasteiger partial charge >= 0.3 is 0 Å². The monoisotopic (exact) mass is 445 g/mol. The predicted molar refractivity (Wildman–Crippen MR) is 129 cm³/mol. The van der Waals surface area contributed by atoms with Gasteiger partial charge < -0.3 is 15.0 Å². The second kappa shape index (κ2) is 9.79. The zero-order chi connectivity index (χ0) is 21.8. The number of morpholine rings is 1. The summed E-state index contributed by atoms with van der Waals surface area (Å²) in [5, 5.41) is 6.72. The molecular formula is C26H27N3O2S. The minimum Gasteiger partial charge on any atom is -0.379 e. The molecule has 1 aliphatic rings. The predicted octanol–water partition coefficient (Wildman–Crippen LogP) is 4.82. The number of carbonyl (C=O) groups excluding carboxylic acids is 1. The number of nitrogens with one attached hydrogen (secondary N) is 2. The molecule has 3 heterocycles. The van der Waals surface area contributed by atoms with E-state index in [0.717, 1.165) is 48.3 Å². The van der Waals surface area contributed by atoms with Crippen LogP contribution in [-0.2, 0) is 4.74 Å². The number of hydrogen-bond acceptors (Lipinski definition) is 5. The lowest BCUT2D eigenvalue weighted by atomic mass is 9.96. The number of rotatable bonds is 8. The van der Waals surface area contributed by atoms with Gasteiger partial charge in [0, 0.05) is 47.2 Å². The average Bonchev–Trinajstić information content (AvgIpc) is 3.53. The summed E-state index contributed by atoms with van der Waals surface area (Å²) < 4.78 is 5.57. The number of H-pyrrole nitrogens is 1. The van der Waals surface area contributed by atoms with Crippen molar-refractivity contribution in [2.75, 3.05) is 32.8 Å². The Labute approximate surface area is 192 Å². The number of ether oxygens (including phenoxy) is 1. The van der Waals surface area contributed by atoms with Crippen molar-refractivity contribution < 1.29 is 9.53 Å².